The summed E-state index contributed by atoms with van der Waals surface area (Å²) < 4.78 is 0.896. The van der Waals surface area contributed by atoms with E-state index in [1.54, 1.807) is 0 Å². The Labute approximate surface area is 59.4 Å². The van der Waals surface area contributed by atoms with Crippen molar-refractivity contribution < 1.29 is 0 Å². The van der Waals surface area contributed by atoms with Gasteiger partial charge in [0.15, 0.2) is 0 Å². The Bertz CT molecular complexity index is 42.1. The molecule has 1 saturated heterocycles. The molecule has 0 nitrogen and oxygen atoms in total. The molecule has 0 saturated carbocycles. The SMILES string of the molecule is I[C@@H]1CCSS1. The predicted molar refractivity (Wildman–Crippen MR) is 42.5 cm³/mol. The summed E-state index contributed by atoms with van der Waals surface area (Å²) in [6.07, 6.45) is 1.40. The first-order valence-electron chi connectivity index (χ1n) is 1.82. The predicted octanol–water partition coefficient (Wildman–Crippen LogP) is 2.53. The molecule has 6 heavy (non-hydrogen) atoms. The molecule has 0 spiro atoms. The molecule has 1 aliphatic rings. The lowest BCUT2D eigenvalue weighted by atomic mass is 10.6. The number of halogens is 1. The third-order valence-electron chi connectivity index (χ3n) is 0.601. The Hall–Kier alpha value is 1.43. The molecule has 0 aliphatic carbocycles. The fourth-order valence-corrected chi connectivity index (χ4v) is 4.61. The van der Waals surface area contributed by atoms with Crippen molar-refractivity contribution in [3.8, 4) is 0 Å². The zero-order chi connectivity index (χ0) is 4.41. The largest absolute Gasteiger partial charge is 0.0930 e. The molecule has 0 aromatic heterocycles. The van der Waals surface area contributed by atoms with E-state index in [1.807, 2.05) is 21.6 Å². The first kappa shape index (κ1) is 5.56. The minimum Gasteiger partial charge on any atom is -0.0930 e. The van der Waals surface area contributed by atoms with Gasteiger partial charge in [-0.1, -0.05) is 44.2 Å². The molecule has 0 aromatic carbocycles. The van der Waals surface area contributed by atoms with Crippen LogP contribution in [0.25, 0.3) is 0 Å². The third kappa shape index (κ3) is 1.50. The van der Waals surface area contributed by atoms with Crippen molar-refractivity contribution in [3.05, 3.63) is 0 Å². The van der Waals surface area contributed by atoms with Crippen molar-refractivity contribution in [2.45, 2.75) is 9.68 Å². The molecule has 0 aromatic rings. The number of alkyl halides is 1. The van der Waals surface area contributed by atoms with Crippen molar-refractivity contribution in [1.29, 1.82) is 0 Å². The molecule has 1 fully saturated rings. The first-order valence-corrected chi connectivity index (χ1v) is 5.45. The summed E-state index contributed by atoms with van der Waals surface area (Å²) in [5, 5.41) is 0. The monoisotopic (exact) mass is 232 g/mol. The van der Waals surface area contributed by atoms with Crippen LogP contribution in [0.1, 0.15) is 6.42 Å². The van der Waals surface area contributed by atoms with Gasteiger partial charge in [-0.25, -0.2) is 0 Å². The van der Waals surface area contributed by atoms with Gasteiger partial charge < -0.3 is 0 Å². The van der Waals surface area contributed by atoms with Gasteiger partial charge in [0.25, 0.3) is 0 Å². The smallest absolute Gasteiger partial charge is 0.0676 e. The van der Waals surface area contributed by atoms with Gasteiger partial charge in [-0.15, -0.1) is 0 Å². The van der Waals surface area contributed by atoms with Crippen LogP contribution in [0, 0.1) is 0 Å². The van der Waals surface area contributed by atoms with E-state index in [4.69, 9.17) is 0 Å². The van der Waals surface area contributed by atoms with Crippen LogP contribution in [0.5, 0.6) is 0 Å². The molecule has 1 aliphatic heterocycles. The molecule has 0 radical (unpaired) electrons. The Morgan fingerprint density at radius 3 is 2.67 bits per heavy atom. The summed E-state index contributed by atoms with van der Waals surface area (Å²) in [5.41, 5.74) is 0. The summed E-state index contributed by atoms with van der Waals surface area (Å²) in [5.74, 6) is 1.36. The Balaban J connectivity index is 2.18. The Kier molecular flexibility index (Phi) is 2.47. The lowest BCUT2D eigenvalue weighted by Gasteiger charge is -1.86. The molecule has 3 heteroatoms. The molecular formula is C3H5IS2. The number of rotatable bonds is 0. The van der Waals surface area contributed by atoms with E-state index in [1.165, 1.54) is 12.2 Å². The minimum absolute atomic E-state index is 0.896. The highest BCUT2D eigenvalue weighted by molar-refractivity contribution is 14.1. The molecule has 1 rings (SSSR count). The second-order valence-corrected chi connectivity index (χ2v) is 6.16. The van der Waals surface area contributed by atoms with E-state index in [0.29, 0.717) is 0 Å². The van der Waals surface area contributed by atoms with E-state index in [2.05, 4.69) is 22.6 Å². The summed E-state index contributed by atoms with van der Waals surface area (Å²) in [6.45, 7) is 0. The highest BCUT2D eigenvalue weighted by Gasteiger charge is 2.10. The molecule has 0 amide bonds. The van der Waals surface area contributed by atoms with Gasteiger partial charge in [0.1, 0.15) is 0 Å². The van der Waals surface area contributed by atoms with E-state index < -0.39 is 0 Å². The van der Waals surface area contributed by atoms with Crippen LogP contribution in [-0.2, 0) is 0 Å². The van der Waals surface area contributed by atoms with Crippen LogP contribution < -0.4 is 0 Å². The third-order valence-corrected chi connectivity index (χ3v) is 5.61. The van der Waals surface area contributed by atoms with E-state index in [0.717, 1.165) is 3.26 Å². The summed E-state index contributed by atoms with van der Waals surface area (Å²) >= 11 is 2.47. The van der Waals surface area contributed by atoms with Crippen LogP contribution >= 0.6 is 44.2 Å². The maximum atomic E-state index is 2.47. The first-order chi connectivity index (χ1) is 2.89. The van der Waals surface area contributed by atoms with Gasteiger partial charge in [0.05, 0.1) is 3.26 Å². The lowest BCUT2D eigenvalue weighted by molar-refractivity contribution is 1.12. The Morgan fingerprint density at radius 2 is 2.50 bits per heavy atom. The standard InChI is InChI=1S/C3H5IS2/c4-3-1-2-5-6-3/h3H,1-2H2/t3-/m0/s1. The van der Waals surface area contributed by atoms with Gasteiger partial charge >= 0.3 is 0 Å². The molecule has 0 N–H and O–H groups in total. The topological polar surface area (TPSA) is 0 Å². The lowest BCUT2D eigenvalue weighted by Crippen LogP contribution is -1.78. The van der Waals surface area contributed by atoms with Crippen LogP contribution in [0.15, 0.2) is 0 Å². The zero-order valence-electron chi connectivity index (χ0n) is 3.19. The minimum atomic E-state index is 0.896. The number of hydrogen-bond donors (Lipinski definition) is 0. The summed E-state index contributed by atoms with van der Waals surface area (Å²) in [6, 6.07) is 0. The highest BCUT2D eigenvalue weighted by Crippen LogP contribution is 2.40. The maximum absolute atomic E-state index is 2.47. The molecule has 0 bridgehead atoms. The average molecular weight is 232 g/mol. The van der Waals surface area contributed by atoms with Crippen LogP contribution in [-0.4, -0.2) is 9.01 Å². The molecule has 36 valence electrons. The molecule has 1 atom stereocenters. The zero-order valence-corrected chi connectivity index (χ0v) is 6.98. The average Bonchev–Trinajstić information content (AvgIpc) is 1.86. The fourth-order valence-electron chi connectivity index (χ4n) is 0.311. The van der Waals surface area contributed by atoms with Gasteiger partial charge in [-0.05, 0) is 6.42 Å². The van der Waals surface area contributed by atoms with Crippen molar-refractivity contribution >= 4 is 44.2 Å². The molecular weight excluding hydrogens is 227 g/mol. The van der Waals surface area contributed by atoms with Crippen LogP contribution in [0.2, 0.25) is 0 Å². The van der Waals surface area contributed by atoms with Gasteiger partial charge in [0.2, 0.25) is 0 Å². The van der Waals surface area contributed by atoms with Crippen molar-refractivity contribution in [2.24, 2.45) is 0 Å². The quantitative estimate of drug-likeness (QED) is 0.357. The van der Waals surface area contributed by atoms with Crippen molar-refractivity contribution in [3.63, 3.8) is 0 Å². The highest BCUT2D eigenvalue weighted by atomic mass is 127. The van der Waals surface area contributed by atoms with E-state index in [9.17, 15) is 0 Å². The van der Waals surface area contributed by atoms with Gasteiger partial charge in [0, 0.05) is 5.75 Å². The fraction of sp³-hybridized carbons (Fsp3) is 1.00. The maximum Gasteiger partial charge on any atom is 0.0676 e. The van der Waals surface area contributed by atoms with Crippen LogP contribution in [0.3, 0.4) is 0 Å². The molecule has 1 heterocycles. The van der Waals surface area contributed by atoms with E-state index >= 15 is 0 Å². The van der Waals surface area contributed by atoms with Crippen molar-refractivity contribution in [2.75, 3.05) is 5.75 Å². The van der Waals surface area contributed by atoms with Gasteiger partial charge in [-0.2, -0.15) is 0 Å². The van der Waals surface area contributed by atoms with E-state index in [-0.39, 0.29) is 0 Å². The summed E-state index contributed by atoms with van der Waals surface area (Å²) in [7, 11) is 3.99. The van der Waals surface area contributed by atoms with Crippen LogP contribution in [0.4, 0.5) is 0 Å². The Morgan fingerprint density at radius 1 is 1.67 bits per heavy atom. The van der Waals surface area contributed by atoms with Gasteiger partial charge in [-0.3, -0.25) is 0 Å². The second kappa shape index (κ2) is 2.67. The summed E-state index contributed by atoms with van der Waals surface area (Å²) in [4.78, 5) is 0. The van der Waals surface area contributed by atoms with Crippen molar-refractivity contribution in [1.82, 2.24) is 0 Å². The second-order valence-electron chi connectivity index (χ2n) is 1.12. The molecule has 0 unspecified atom stereocenters. The number of hydrogen-bond acceptors (Lipinski definition) is 2. The normalized spacial score (nSPS) is 34.5.